The Morgan fingerprint density at radius 2 is 2.17 bits per heavy atom. The zero-order valence-electron chi connectivity index (χ0n) is 7.48. The summed E-state index contributed by atoms with van der Waals surface area (Å²) in [5.41, 5.74) is 0. The highest BCUT2D eigenvalue weighted by Crippen LogP contribution is 2.07. The van der Waals surface area contributed by atoms with Crippen LogP contribution in [-0.4, -0.2) is 60.0 Å². The van der Waals surface area contributed by atoms with Crippen LogP contribution in [0.3, 0.4) is 0 Å². The monoisotopic (exact) mass is 173 g/mol. The van der Waals surface area contributed by atoms with Crippen LogP contribution in [0.25, 0.3) is 0 Å². The van der Waals surface area contributed by atoms with E-state index >= 15 is 0 Å². The zero-order valence-corrected chi connectivity index (χ0v) is 7.48. The second-order valence-corrected chi connectivity index (χ2v) is 3.24. The van der Waals surface area contributed by atoms with E-state index in [1.54, 1.807) is 0 Å². The van der Waals surface area contributed by atoms with Gasteiger partial charge in [-0.2, -0.15) is 0 Å². The summed E-state index contributed by atoms with van der Waals surface area (Å²) in [6.45, 7) is 4.62. The first-order chi connectivity index (χ1) is 5.79. The molecule has 1 radical (unpaired) electrons. The number of hydrogen-bond acceptors (Lipinski definition) is 3. The maximum Gasteiger partial charge on any atom is 0.0609 e. The molecule has 0 aromatic heterocycles. The van der Waals surface area contributed by atoms with Gasteiger partial charge in [-0.3, -0.25) is 4.90 Å². The average Bonchev–Trinajstić information content (AvgIpc) is 2.10. The van der Waals surface area contributed by atoms with E-state index in [1.165, 1.54) is 0 Å². The Balaban J connectivity index is 2.45. The smallest absolute Gasteiger partial charge is 0.0609 e. The fourth-order valence-corrected chi connectivity index (χ4v) is 1.60. The van der Waals surface area contributed by atoms with Crippen molar-refractivity contribution >= 4 is 0 Å². The van der Waals surface area contributed by atoms with Crippen molar-refractivity contribution in [2.45, 2.75) is 19.0 Å². The molecule has 2 N–H and O–H groups in total. The summed E-state index contributed by atoms with van der Waals surface area (Å²) in [6, 6.07) is 0.249. The highest BCUT2D eigenvalue weighted by molar-refractivity contribution is 4.81. The largest absolute Gasteiger partial charge is 0.395 e. The van der Waals surface area contributed by atoms with Crippen LogP contribution in [0.2, 0.25) is 0 Å². The van der Waals surface area contributed by atoms with Crippen LogP contribution in [-0.2, 0) is 0 Å². The van der Waals surface area contributed by atoms with E-state index in [2.05, 4.69) is 17.1 Å². The van der Waals surface area contributed by atoms with Gasteiger partial charge in [-0.05, 0) is 6.92 Å². The molecule has 1 saturated heterocycles. The van der Waals surface area contributed by atoms with Gasteiger partial charge in [-0.25, -0.2) is 5.32 Å². The van der Waals surface area contributed by atoms with Gasteiger partial charge in [-0.15, -0.1) is 0 Å². The lowest BCUT2D eigenvalue weighted by Gasteiger charge is -2.37. The van der Waals surface area contributed by atoms with Crippen LogP contribution in [0.15, 0.2) is 0 Å². The van der Waals surface area contributed by atoms with Gasteiger partial charge in [0, 0.05) is 25.7 Å². The molecule has 1 aliphatic heterocycles. The second-order valence-electron chi connectivity index (χ2n) is 3.24. The predicted molar refractivity (Wildman–Crippen MR) is 46.0 cm³/mol. The summed E-state index contributed by atoms with van der Waals surface area (Å²) in [4.78, 5) is 2.12. The summed E-state index contributed by atoms with van der Waals surface area (Å²) < 4.78 is 0. The SMILES string of the molecule is CC1C[N]CCN1C(CO)CO. The molecule has 0 saturated carbocycles. The van der Waals surface area contributed by atoms with Crippen molar-refractivity contribution < 1.29 is 10.2 Å². The van der Waals surface area contributed by atoms with E-state index in [4.69, 9.17) is 10.2 Å². The fraction of sp³-hybridized carbons (Fsp3) is 1.00. The third-order valence-electron chi connectivity index (χ3n) is 2.37. The van der Waals surface area contributed by atoms with E-state index in [9.17, 15) is 0 Å². The Morgan fingerprint density at radius 1 is 1.50 bits per heavy atom. The van der Waals surface area contributed by atoms with Gasteiger partial charge in [0.05, 0.1) is 19.3 Å². The highest BCUT2D eigenvalue weighted by atomic mass is 16.3. The fourth-order valence-electron chi connectivity index (χ4n) is 1.60. The maximum atomic E-state index is 8.96. The molecule has 0 spiro atoms. The Kier molecular flexibility index (Phi) is 3.94. The van der Waals surface area contributed by atoms with Crippen molar-refractivity contribution in [2.75, 3.05) is 32.8 Å². The van der Waals surface area contributed by atoms with Crippen molar-refractivity contribution in [1.29, 1.82) is 0 Å². The molecule has 0 bridgehead atoms. The molecule has 0 aromatic rings. The number of aliphatic hydroxyl groups is 2. The van der Waals surface area contributed by atoms with Gasteiger partial charge in [0.1, 0.15) is 0 Å². The molecule has 1 atom stereocenters. The van der Waals surface area contributed by atoms with Crippen molar-refractivity contribution in [1.82, 2.24) is 10.2 Å². The van der Waals surface area contributed by atoms with Gasteiger partial charge in [0.25, 0.3) is 0 Å². The van der Waals surface area contributed by atoms with E-state index in [0.717, 1.165) is 19.6 Å². The molecular weight excluding hydrogens is 156 g/mol. The van der Waals surface area contributed by atoms with Crippen LogP contribution in [0, 0.1) is 0 Å². The number of aliphatic hydroxyl groups excluding tert-OH is 2. The second kappa shape index (κ2) is 4.77. The molecule has 0 aliphatic carbocycles. The number of nitrogens with zero attached hydrogens (tertiary/aromatic N) is 2. The Bertz CT molecular complexity index is 128. The summed E-state index contributed by atoms with van der Waals surface area (Å²) >= 11 is 0. The molecule has 1 heterocycles. The summed E-state index contributed by atoms with van der Waals surface area (Å²) in [5.74, 6) is 0. The number of rotatable bonds is 3. The minimum atomic E-state index is -0.101. The third kappa shape index (κ3) is 2.17. The maximum absolute atomic E-state index is 8.96. The van der Waals surface area contributed by atoms with E-state index in [-0.39, 0.29) is 19.3 Å². The molecule has 12 heavy (non-hydrogen) atoms. The molecule has 1 fully saturated rings. The normalized spacial score (nSPS) is 26.5. The molecule has 0 amide bonds. The van der Waals surface area contributed by atoms with Crippen molar-refractivity contribution in [3.05, 3.63) is 0 Å². The molecule has 1 aliphatic rings. The minimum absolute atomic E-state index is 0.0286. The molecule has 4 heteroatoms. The van der Waals surface area contributed by atoms with Crippen LogP contribution >= 0.6 is 0 Å². The molecular formula is C8H17N2O2. The van der Waals surface area contributed by atoms with E-state index in [1.807, 2.05) is 0 Å². The lowest BCUT2D eigenvalue weighted by atomic mass is 10.1. The van der Waals surface area contributed by atoms with Gasteiger partial charge < -0.3 is 10.2 Å². The Morgan fingerprint density at radius 3 is 2.67 bits per heavy atom. The minimum Gasteiger partial charge on any atom is -0.395 e. The van der Waals surface area contributed by atoms with Crippen molar-refractivity contribution in [3.8, 4) is 0 Å². The van der Waals surface area contributed by atoms with Crippen LogP contribution in [0.1, 0.15) is 6.92 Å². The van der Waals surface area contributed by atoms with E-state index in [0.29, 0.717) is 6.04 Å². The van der Waals surface area contributed by atoms with Gasteiger partial charge in [0.2, 0.25) is 0 Å². The first kappa shape index (κ1) is 9.92. The zero-order chi connectivity index (χ0) is 8.97. The molecule has 4 nitrogen and oxygen atoms in total. The number of hydrogen-bond donors (Lipinski definition) is 2. The molecule has 0 aromatic carbocycles. The van der Waals surface area contributed by atoms with Crippen LogP contribution < -0.4 is 5.32 Å². The van der Waals surface area contributed by atoms with Gasteiger partial charge in [-0.1, -0.05) is 0 Å². The van der Waals surface area contributed by atoms with Gasteiger partial charge in [0.15, 0.2) is 0 Å². The quantitative estimate of drug-likeness (QED) is 0.554. The van der Waals surface area contributed by atoms with E-state index < -0.39 is 0 Å². The molecule has 1 unspecified atom stereocenters. The Labute approximate surface area is 73.2 Å². The van der Waals surface area contributed by atoms with Crippen molar-refractivity contribution in [2.24, 2.45) is 0 Å². The first-order valence-electron chi connectivity index (χ1n) is 4.40. The third-order valence-corrected chi connectivity index (χ3v) is 2.37. The average molecular weight is 173 g/mol. The summed E-state index contributed by atoms with van der Waals surface area (Å²) in [5, 5.41) is 22.2. The number of piperazine rings is 1. The van der Waals surface area contributed by atoms with Crippen LogP contribution in [0.4, 0.5) is 0 Å². The Hall–Kier alpha value is -0.160. The van der Waals surface area contributed by atoms with Crippen molar-refractivity contribution in [3.63, 3.8) is 0 Å². The first-order valence-corrected chi connectivity index (χ1v) is 4.40. The lowest BCUT2D eigenvalue weighted by molar-refractivity contribution is 0.0364. The highest BCUT2D eigenvalue weighted by Gasteiger charge is 2.24. The predicted octanol–water partition coefficient (Wildman–Crippen LogP) is -1.35. The lowest BCUT2D eigenvalue weighted by Crippen LogP contribution is -2.54. The summed E-state index contributed by atoms with van der Waals surface area (Å²) in [7, 11) is 0. The molecule has 71 valence electrons. The topological polar surface area (TPSA) is 57.8 Å². The van der Waals surface area contributed by atoms with Gasteiger partial charge >= 0.3 is 0 Å². The van der Waals surface area contributed by atoms with Crippen LogP contribution in [0.5, 0.6) is 0 Å². The standard InChI is InChI=1S/C8H17N2O2/c1-7-4-9-2-3-10(7)8(5-11)6-12/h7-8,11-12H,2-6H2,1H3. The summed E-state index contributed by atoms with van der Waals surface area (Å²) in [6.07, 6.45) is 0. The molecule has 1 rings (SSSR count).